The van der Waals surface area contributed by atoms with Crippen LogP contribution in [-0.2, 0) is 16.6 Å². The lowest BCUT2D eigenvalue weighted by molar-refractivity contribution is 0.282. The van der Waals surface area contributed by atoms with Gasteiger partial charge in [0.1, 0.15) is 16.5 Å². The molecule has 0 fully saturated rings. The predicted octanol–water partition coefficient (Wildman–Crippen LogP) is 3.08. The molecule has 0 atom stereocenters. The number of anilines is 1. The molecule has 0 saturated carbocycles. The van der Waals surface area contributed by atoms with Crippen LogP contribution < -0.4 is 4.72 Å². The van der Waals surface area contributed by atoms with Crippen LogP contribution in [-0.4, -0.2) is 13.5 Å². The second kappa shape index (κ2) is 5.76. The van der Waals surface area contributed by atoms with E-state index in [1.165, 1.54) is 11.4 Å². The Morgan fingerprint density at radius 1 is 1.30 bits per heavy atom. The summed E-state index contributed by atoms with van der Waals surface area (Å²) in [6.07, 6.45) is 0. The number of benzene rings is 1. The van der Waals surface area contributed by atoms with Crippen molar-refractivity contribution >= 4 is 43.0 Å². The van der Waals surface area contributed by atoms with Crippen LogP contribution >= 0.6 is 27.3 Å². The van der Waals surface area contributed by atoms with Gasteiger partial charge in [-0.2, -0.15) is 0 Å². The molecular weight excluding hydrogens is 376 g/mol. The molecule has 0 amide bonds. The molecule has 20 heavy (non-hydrogen) atoms. The smallest absolute Gasteiger partial charge is 0.263 e. The Hall–Kier alpha value is -1.03. The number of aliphatic hydroxyl groups excluding tert-OH is 1. The SMILES string of the molecule is O=S(=O)(Nc1cc(F)c(Br)cc1F)c1ccsc1CO. The van der Waals surface area contributed by atoms with Crippen LogP contribution in [0.5, 0.6) is 0 Å². The molecule has 0 bridgehead atoms. The first-order chi connectivity index (χ1) is 9.35. The molecular formula is C11H8BrF2NO3S2. The van der Waals surface area contributed by atoms with E-state index >= 15 is 0 Å². The Morgan fingerprint density at radius 3 is 2.65 bits per heavy atom. The Bertz CT molecular complexity index is 746. The largest absolute Gasteiger partial charge is 0.391 e. The number of thiophene rings is 1. The van der Waals surface area contributed by atoms with E-state index in [9.17, 15) is 17.2 Å². The van der Waals surface area contributed by atoms with Gasteiger partial charge in [0.25, 0.3) is 10.0 Å². The van der Waals surface area contributed by atoms with Gasteiger partial charge in [0.2, 0.25) is 0 Å². The first kappa shape index (κ1) is 15.4. The van der Waals surface area contributed by atoms with Crippen LogP contribution in [0.2, 0.25) is 0 Å². The van der Waals surface area contributed by atoms with Crippen molar-refractivity contribution in [1.82, 2.24) is 0 Å². The predicted molar refractivity (Wildman–Crippen MR) is 75.1 cm³/mol. The lowest BCUT2D eigenvalue weighted by Crippen LogP contribution is -2.15. The van der Waals surface area contributed by atoms with Crippen molar-refractivity contribution in [1.29, 1.82) is 0 Å². The van der Waals surface area contributed by atoms with Gasteiger partial charge in [-0.05, 0) is 33.4 Å². The van der Waals surface area contributed by atoms with E-state index in [0.29, 0.717) is 0 Å². The zero-order valence-electron chi connectivity index (χ0n) is 9.73. The number of rotatable bonds is 4. The van der Waals surface area contributed by atoms with Gasteiger partial charge in [0, 0.05) is 6.07 Å². The molecule has 1 aromatic heterocycles. The fraction of sp³-hybridized carbons (Fsp3) is 0.0909. The maximum atomic E-state index is 13.6. The van der Waals surface area contributed by atoms with Crippen molar-refractivity contribution in [2.24, 2.45) is 0 Å². The number of halogens is 3. The highest BCUT2D eigenvalue weighted by Crippen LogP contribution is 2.28. The van der Waals surface area contributed by atoms with Crippen LogP contribution in [0.3, 0.4) is 0 Å². The topological polar surface area (TPSA) is 66.4 Å². The third-order valence-electron chi connectivity index (χ3n) is 2.39. The molecule has 0 aliphatic carbocycles. The van der Waals surface area contributed by atoms with Crippen molar-refractivity contribution in [3.05, 3.63) is 44.6 Å². The molecule has 2 N–H and O–H groups in total. The Balaban J connectivity index is 2.41. The Labute approximate surface area is 126 Å². The first-order valence-corrected chi connectivity index (χ1v) is 8.35. The van der Waals surface area contributed by atoms with E-state index in [2.05, 4.69) is 15.9 Å². The van der Waals surface area contributed by atoms with E-state index in [4.69, 9.17) is 5.11 Å². The Kier molecular flexibility index (Phi) is 4.43. The van der Waals surface area contributed by atoms with Gasteiger partial charge in [-0.25, -0.2) is 17.2 Å². The van der Waals surface area contributed by atoms with E-state index in [-0.39, 0.29) is 14.2 Å². The molecule has 9 heteroatoms. The third-order valence-corrected chi connectivity index (χ3v) is 5.48. The maximum absolute atomic E-state index is 13.6. The summed E-state index contributed by atoms with van der Waals surface area (Å²) >= 11 is 3.85. The van der Waals surface area contributed by atoms with Crippen LogP contribution in [0.1, 0.15) is 4.88 Å². The highest BCUT2D eigenvalue weighted by molar-refractivity contribution is 9.10. The molecule has 2 aromatic rings. The van der Waals surface area contributed by atoms with Gasteiger partial charge >= 0.3 is 0 Å². The highest BCUT2D eigenvalue weighted by atomic mass is 79.9. The summed E-state index contributed by atoms with van der Waals surface area (Å²) in [6, 6.07) is 2.85. The zero-order valence-corrected chi connectivity index (χ0v) is 12.9. The van der Waals surface area contributed by atoms with Crippen molar-refractivity contribution in [2.75, 3.05) is 4.72 Å². The quantitative estimate of drug-likeness (QED) is 0.797. The molecule has 0 aliphatic heterocycles. The summed E-state index contributed by atoms with van der Waals surface area (Å²) in [5.74, 6) is -1.71. The Morgan fingerprint density at radius 2 is 2.00 bits per heavy atom. The van der Waals surface area contributed by atoms with E-state index < -0.39 is 34.0 Å². The van der Waals surface area contributed by atoms with E-state index in [1.54, 1.807) is 0 Å². The van der Waals surface area contributed by atoms with E-state index in [1.807, 2.05) is 4.72 Å². The van der Waals surface area contributed by atoms with Gasteiger partial charge in [-0.15, -0.1) is 11.3 Å². The second-order valence-corrected chi connectivity index (χ2v) is 7.22. The normalized spacial score (nSPS) is 11.6. The summed E-state index contributed by atoms with van der Waals surface area (Å²) in [7, 11) is -4.09. The molecule has 0 unspecified atom stereocenters. The lowest BCUT2D eigenvalue weighted by atomic mass is 10.3. The van der Waals surface area contributed by atoms with Gasteiger partial charge in [-0.1, -0.05) is 0 Å². The van der Waals surface area contributed by atoms with Crippen molar-refractivity contribution in [2.45, 2.75) is 11.5 Å². The standard InChI is InChI=1S/C11H8BrF2NO3S2/c12-6-3-8(14)9(4-7(6)13)15-20(17,18)11-1-2-19-10(11)5-16/h1-4,15-16H,5H2. The minimum atomic E-state index is -4.09. The van der Waals surface area contributed by atoms with Gasteiger partial charge in [0.15, 0.2) is 0 Å². The first-order valence-electron chi connectivity index (χ1n) is 5.19. The number of hydrogen-bond acceptors (Lipinski definition) is 4. The van der Waals surface area contributed by atoms with Crippen molar-refractivity contribution in [3.8, 4) is 0 Å². The minimum Gasteiger partial charge on any atom is -0.391 e. The van der Waals surface area contributed by atoms with Crippen LogP contribution in [0, 0.1) is 11.6 Å². The fourth-order valence-corrected chi connectivity index (χ4v) is 4.15. The summed E-state index contributed by atoms with van der Waals surface area (Å²) in [6.45, 7) is -0.453. The average molecular weight is 384 g/mol. The average Bonchev–Trinajstić information content (AvgIpc) is 2.84. The monoisotopic (exact) mass is 383 g/mol. The maximum Gasteiger partial charge on any atom is 0.263 e. The number of sulfonamides is 1. The van der Waals surface area contributed by atoms with Crippen LogP contribution in [0.4, 0.5) is 14.5 Å². The van der Waals surface area contributed by atoms with Gasteiger partial charge in [-0.3, -0.25) is 4.72 Å². The summed E-state index contributed by atoms with van der Waals surface area (Å²) in [5.41, 5.74) is -0.499. The number of aliphatic hydroxyl groups is 1. The van der Waals surface area contributed by atoms with Crippen molar-refractivity contribution < 1.29 is 22.3 Å². The van der Waals surface area contributed by atoms with Gasteiger partial charge < -0.3 is 5.11 Å². The molecule has 1 aromatic carbocycles. The third kappa shape index (κ3) is 3.00. The molecule has 4 nitrogen and oxygen atoms in total. The zero-order chi connectivity index (χ0) is 14.9. The number of nitrogens with one attached hydrogen (secondary N) is 1. The molecule has 0 aliphatic rings. The molecule has 108 valence electrons. The van der Waals surface area contributed by atoms with E-state index in [0.717, 1.165) is 23.5 Å². The van der Waals surface area contributed by atoms with Crippen molar-refractivity contribution in [3.63, 3.8) is 0 Å². The lowest BCUT2D eigenvalue weighted by Gasteiger charge is -2.09. The summed E-state index contributed by atoms with van der Waals surface area (Å²) in [4.78, 5) is 0.0585. The minimum absolute atomic E-state index is 0.107. The summed E-state index contributed by atoms with van der Waals surface area (Å²) in [5, 5.41) is 10.5. The van der Waals surface area contributed by atoms with Crippen LogP contribution in [0.15, 0.2) is 32.9 Å². The van der Waals surface area contributed by atoms with Crippen LogP contribution in [0.25, 0.3) is 0 Å². The molecule has 0 radical (unpaired) electrons. The fourth-order valence-electron chi connectivity index (χ4n) is 1.48. The molecule has 0 spiro atoms. The summed E-state index contributed by atoms with van der Waals surface area (Å²) < 4.78 is 53.0. The second-order valence-electron chi connectivity index (χ2n) is 3.72. The molecule has 1 heterocycles. The molecule has 2 rings (SSSR count). The highest BCUT2D eigenvalue weighted by Gasteiger charge is 2.21. The number of hydrogen-bond donors (Lipinski definition) is 2. The molecule has 0 saturated heterocycles. The van der Waals surface area contributed by atoms with Gasteiger partial charge in [0.05, 0.1) is 21.6 Å².